The van der Waals surface area contributed by atoms with E-state index < -0.39 is 0 Å². The topological polar surface area (TPSA) is 72.4 Å². The Bertz CT molecular complexity index is 858. The number of rotatable bonds is 4. The number of morpholine rings is 1. The number of hydrazone groups is 1. The minimum Gasteiger partial charge on any atom is -0.454 e. The molecule has 0 aromatic heterocycles. The van der Waals surface area contributed by atoms with Gasteiger partial charge in [0.15, 0.2) is 11.5 Å². The maximum Gasteiger partial charge on any atom is 0.271 e. The van der Waals surface area contributed by atoms with E-state index >= 15 is 0 Å². The first-order valence-electron chi connectivity index (χ1n) is 8.88. The Kier molecular flexibility index (Phi) is 4.93. The molecule has 2 aromatic rings. The Hall–Kier alpha value is -3.06. The second-order valence-corrected chi connectivity index (χ2v) is 6.35. The van der Waals surface area contributed by atoms with E-state index in [9.17, 15) is 4.79 Å². The highest BCUT2D eigenvalue weighted by atomic mass is 16.7. The first kappa shape index (κ1) is 17.4. The van der Waals surface area contributed by atoms with Gasteiger partial charge in [0.05, 0.1) is 18.9 Å². The molecule has 1 saturated heterocycles. The molecule has 1 N–H and O–H groups in total. The van der Waals surface area contributed by atoms with Crippen LogP contribution in [0.1, 0.15) is 22.8 Å². The molecule has 7 heteroatoms. The van der Waals surface area contributed by atoms with Crippen molar-refractivity contribution in [3.05, 3.63) is 53.6 Å². The van der Waals surface area contributed by atoms with Crippen LogP contribution >= 0.6 is 0 Å². The van der Waals surface area contributed by atoms with Crippen LogP contribution in [0.4, 0.5) is 5.69 Å². The lowest BCUT2D eigenvalue weighted by molar-refractivity contribution is 0.0954. The van der Waals surface area contributed by atoms with E-state index in [1.807, 2.05) is 19.1 Å². The van der Waals surface area contributed by atoms with Gasteiger partial charge in [-0.1, -0.05) is 12.1 Å². The average molecular weight is 367 g/mol. The molecule has 0 spiro atoms. The van der Waals surface area contributed by atoms with Crippen molar-refractivity contribution in [3.8, 4) is 11.5 Å². The van der Waals surface area contributed by atoms with Gasteiger partial charge in [0.2, 0.25) is 6.79 Å². The Labute approximate surface area is 157 Å². The summed E-state index contributed by atoms with van der Waals surface area (Å²) in [6.45, 7) is 5.36. The number of nitrogens with one attached hydrogen (secondary N) is 1. The van der Waals surface area contributed by atoms with Crippen LogP contribution in [0.5, 0.6) is 11.5 Å². The molecule has 140 valence electrons. The smallest absolute Gasteiger partial charge is 0.271 e. The molecule has 2 aromatic carbocycles. The molecular weight excluding hydrogens is 346 g/mol. The maximum atomic E-state index is 12.3. The first-order chi connectivity index (χ1) is 13.2. The molecule has 0 bridgehead atoms. The van der Waals surface area contributed by atoms with Gasteiger partial charge in [-0.2, -0.15) is 5.10 Å². The number of anilines is 1. The molecule has 0 unspecified atom stereocenters. The predicted octanol–water partition coefficient (Wildman–Crippen LogP) is 2.41. The van der Waals surface area contributed by atoms with Crippen molar-refractivity contribution < 1.29 is 19.0 Å². The molecule has 2 heterocycles. The quantitative estimate of drug-likeness (QED) is 0.664. The molecular formula is C20H21N3O4. The molecule has 7 nitrogen and oxygen atoms in total. The first-order valence-corrected chi connectivity index (χ1v) is 8.88. The van der Waals surface area contributed by atoms with Crippen LogP contribution in [0.25, 0.3) is 0 Å². The lowest BCUT2D eigenvalue weighted by Gasteiger charge is -2.28. The van der Waals surface area contributed by atoms with Crippen LogP contribution in [0.15, 0.2) is 47.6 Å². The second kappa shape index (κ2) is 7.67. The van der Waals surface area contributed by atoms with Crippen LogP contribution in [-0.2, 0) is 4.74 Å². The zero-order valence-electron chi connectivity index (χ0n) is 15.1. The van der Waals surface area contributed by atoms with Gasteiger partial charge in [-0.15, -0.1) is 0 Å². The van der Waals surface area contributed by atoms with Crippen molar-refractivity contribution in [2.75, 3.05) is 38.0 Å². The van der Waals surface area contributed by atoms with Gasteiger partial charge in [-0.25, -0.2) is 5.43 Å². The van der Waals surface area contributed by atoms with Crippen molar-refractivity contribution in [1.82, 2.24) is 5.43 Å². The Balaban J connectivity index is 1.40. The summed E-state index contributed by atoms with van der Waals surface area (Å²) in [6.07, 6.45) is 0. The molecule has 2 aliphatic heterocycles. The number of benzene rings is 2. The highest BCUT2D eigenvalue weighted by Crippen LogP contribution is 2.32. The Morgan fingerprint density at radius 1 is 1.00 bits per heavy atom. The standard InChI is InChI=1S/C20H21N3O4/c1-14(15-2-5-17(6-3-15)23-8-10-25-11-9-23)21-22-20(24)16-4-7-18-19(12-16)27-13-26-18/h2-7,12H,8-11,13H2,1H3,(H,22,24). The van der Waals surface area contributed by atoms with E-state index in [0.29, 0.717) is 17.1 Å². The third kappa shape index (κ3) is 3.88. The van der Waals surface area contributed by atoms with Crippen molar-refractivity contribution >= 4 is 17.3 Å². The van der Waals surface area contributed by atoms with E-state index in [1.54, 1.807) is 18.2 Å². The summed E-state index contributed by atoms with van der Waals surface area (Å²) in [6, 6.07) is 13.2. The monoisotopic (exact) mass is 367 g/mol. The summed E-state index contributed by atoms with van der Waals surface area (Å²) < 4.78 is 15.9. The number of hydrogen-bond donors (Lipinski definition) is 1. The molecule has 0 radical (unpaired) electrons. The number of ether oxygens (including phenoxy) is 3. The molecule has 2 aliphatic rings. The SMILES string of the molecule is CC(=NNC(=O)c1ccc2c(c1)OCO2)c1ccc(N2CCOCC2)cc1. The summed E-state index contributed by atoms with van der Waals surface area (Å²) in [4.78, 5) is 14.6. The van der Waals surface area contributed by atoms with Crippen molar-refractivity contribution in [2.45, 2.75) is 6.92 Å². The summed E-state index contributed by atoms with van der Waals surface area (Å²) >= 11 is 0. The number of carbonyl (C=O) groups excluding carboxylic acids is 1. The minimum atomic E-state index is -0.294. The maximum absolute atomic E-state index is 12.3. The number of nitrogens with zero attached hydrogens (tertiary/aromatic N) is 2. The molecule has 1 fully saturated rings. The fourth-order valence-corrected chi connectivity index (χ4v) is 3.04. The molecule has 27 heavy (non-hydrogen) atoms. The minimum absolute atomic E-state index is 0.179. The zero-order valence-corrected chi connectivity index (χ0v) is 15.1. The predicted molar refractivity (Wildman–Crippen MR) is 102 cm³/mol. The third-order valence-electron chi connectivity index (χ3n) is 4.62. The highest BCUT2D eigenvalue weighted by Gasteiger charge is 2.16. The van der Waals surface area contributed by atoms with Gasteiger partial charge in [-0.05, 0) is 42.8 Å². The molecule has 0 atom stereocenters. The summed E-state index contributed by atoms with van der Waals surface area (Å²) in [5, 5.41) is 4.22. The van der Waals surface area contributed by atoms with Crippen LogP contribution in [0.2, 0.25) is 0 Å². The van der Waals surface area contributed by atoms with Crippen LogP contribution in [-0.4, -0.2) is 44.7 Å². The van der Waals surface area contributed by atoms with E-state index in [4.69, 9.17) is 14.2 Å². The average Bonchev–Trinajstić information content (AvgIpc) is 3.20. The van der Waals surface area contributed by atoms with Gasteiger partial charge in [0.1, 0.15) is 0 Å². The normalized spacial score (nSPS) is 16.3. The highest BCUT2D eigenvalue weighted by molar-refractivity contribution is 6.01. The second-order valence-electron chi connectivity index (χ2n) is 6.35. The summed E-state index contributed by atoms with van der Waals surface area (Å²) in [5.74, 6) is 0.922. The lowest BCUT2D eigenvalue weighted by Crippen LogP contribution is -2.36. The van der Waals surface area contributed by atoms with Crippen LogP contribution in [0.3, 0.4) is 0 Å². The molecule has 0 saturated carbocycles. The van der Waals surface area contributed by atoms with E-state index in [-0.39, 0.29) is 12.7 Å². The van der Waals surface area contributed by atoms with Crippen molar-refractivity contribution in [2.24, 2.45) is 5.10 Å². The third-order valence-corrected chi connectivity index (χ3v) is 4.62. The number of fused-ring (bicyclic) bond motifs is 1. The molecule has 0 aliphatic carbocycles. The molecule has 1 amide bonds. The van der Waals surface area contributed by atoms with Crippen LogP contribution < -0.4 is 19.8 Å². The van der Waals surface area contributed by atoms with Gasteiger partial charge >= 0.3 is 0 Å². The van der Waals surface area contributed by atoms with Gasteiger partial charge < -0.3 is 19.1 Å². The number of hydrogen-bond acceptors (Lipinski definition) is 6. The summed E-state index contributed by atoms with van der Waals surface area (Å²) in [7, 11) is 0. The van der Waals surface area contributed by atoms with Gasteiger partial charge in [0.25, 0.3) is 5.91 Å². The van der Waals surface area contributed by atoms with Gasteiger partial charge in [0, 0.05) is 24.3 Å². The summed E-state index contributed by atoms with van der Waals surface area (Å²) in [5.41, 5.74) is 5.92. The fraction of sp³-hybridized carbons (Fsp3) is 0.300. The van der Waals surface area contributed by atoms with Crippen molar-refractivity contribution in [1.29, 1.82) is 0 Å². The van der Waals surface area contributed by atoms with Crippen molar-refractivity contribution in [3.63, 3.8) is 0 Å². The fourth-order valence-electron chi connectivity index (χ4n) is 3.04. The number of amides is 1. The lowest BCUT2D eigenvalue weighted by atomic mass is 10.1. The van der Waals surface area contributed by atoms with Gasteiger partial charge in [-0.3, -0.25) is 4.79 Å². The Morgan fingerprint density at radius 2 is 1.70 bits per heavy atom. The zero-order chi connectivity index (χ0) is 18.6. The van der Waals surface area contributed by atoms with E-state index in [2.05, 4.69) is 27.6 Å². The van der Waals surface area contributed by atoms with E-state index in [0.717, 1.165) is 37.6 Å². The van der Waals surface area contributed by atoms with Crippen LogP contribution in [0, 0.1) is 0 Å². The largest absolute Gasteiger partial charge is 0.454 e. The number of carbonyl (C=O) groups is 1. The van der Waals surface area contributed by atoms with E-state index in [1.165, 1.54) is 5.69 Å². The molecule has 4 rings (SSSR count). The Morgan fingerprint density at radius 3 is 2.48 bits per heavy atom.